The van der Waals surface area contributed by atoms with Gasteiger partial charge in [0.1, 0.15) is 11.5 Å². The van der Waals surface area contributed by atoms with Crippen molar-refractivity contribution >= 4 is 17.0 Å². The van der Waals surface area contributed by atoms with Crippen LogP contribution >= 0.6 is 0 Å². The molecule has 0 bridgehead atoms. The highest BCUT2D eigenvalue weighted by molar-refractivity contribution is 5.88. The SMILES string of the molecule is COc1cccc(CCOc2cccc3[nH]c(OC(=O)NC4CCC(O)(CCN5CC[C@H](O)[C@@H](C)C5)CC4)cc23)c1. The van der Waals surface area contributed by atoms with Crippen molar-refractivity contribution < 1.29 is 29.2 Å². The lowest BCUT2D eigenvalue weighted by atomic mass is 9.80. The molecule has 1 aromatic heterocycles. The number of nitrogens with one attached hydrogen (secondary N) is 2. The maximum absolute atomic E-state index is 12.7. The standard InChI is InChI=1S/C32H43N3O6/c1-22-21-35(16-11-28(22)36)17-15-32(38)13-9-24(10-14-32)33-31(37)41-30-20-26-27(34-30)7-4-8-29(26)40-18-12-23-5-3-6-25(19-23)39-2/h3-8,19-20,22,24,28,34,36,38H,9-18,21H2,1-2H3,(H,33,37)/t22-,24?,28-,32?/m0/s1. The molecule has 1 amide bonds. The van der Waals surface area contributed by atoms with E-state index in [-0.39, 0.29) is 18.1 Å². The van der Waals surface area contributed by atoms with Gasteiger partial charge in [-0.05, 0) is 74.3 Å². The molecule has 4 N–H and O–H groups in total. The van der Waals surface area contributed by atoms with Crippen molar-refractivity contribution in [3.05, 3.63) is 54.1 Å². The van der Waals surface area contributed by atoms with Gasteiger partial charge in [0.15, 0.2) is 0 Å². The minimum atomic E-state index is -0.707. The van der Waals surface area contributed by atoms with E-state index in [1.165, 1.54) is 0 Å². The molecule has 1 saturated heterocycles. The molecule has 0 spiro atoms. The number of carbonyl (C=O) groups excluding carboxylic acids is 1. The monoisotopic (exact) mass is 565 g/mol. The highest BCUT2D eigenvalue weighted by Crippen LogP contribution is 2.33. The number of aliphatic hydroxyl groups excluding tert-OH is 1. The first kappa shape index (κ1) is 29.2. The number of nitrogens with zero attached hydrogens (tertiary/aromatic N) is 1. The largest absolute Gasteiger partial charge is 0.497 e. The highest BCUT2D eigenvalue weighted by atomic mass is 16.6. The van der Waals surface area contributed by atoms with Gasteiger partial charge >= 0.3 is 6.09 Å². The normalized spacial score (nSPS) is 25.1. The van der Waals surface area contributed by atoms with Crippen molar-refractivity contribution in [1.82, 2.24) is 15.2 Å². The van der Waals surface area contributed by atoms with Gasteiger partial charge in [0.05, 0.1) is 30.9 Å². The molecule has 2 atom stereocenters. The number of rotatable bonds is 10. The Hall–Kier alpha value is -3.27. The van der Waals surface area contributed by atoms with Gasteiger partial charge in [-0.3, -0.25) is 0 Å². The fraction of sp³-hybridized carbons (Fsp3) is 0.531. The molecular weight excluding hydrogens is 522 g/mol. The average molecular weight is 566 g/mol. The number of likely N-dealkylation sites (tertiary alicyclic amines) is 1. The number of benzene rings is 2. The molecule has 1 saturated carbocycles. The maximum atomic E-state index is 12.7. The van der Waals surface area contributed by atoms with Gasteiger partial charge in [-0.15, -0.1) is 0 Å². The van der Waals surface area contributed by atoms with Crippen molar-refractivity contribution in [2.24, 2.45) is 5.92 Å². The number of aromatic amines is 1. The Labute approximate surface area is 241 Å². The third-order valence-electron chi connectivity index (χ3n) is 8.66. The molecule has 0 radical (unpaired) electrons. The topological polar surface area (TPSA) is 116 Å². The summed E-state index contributed by atoms with van der Waals surface area (Å²) in [4.78, 5) is 18.2. The summed E-state index contributed by atoms with van der Waals surface area (Å²) >= 11 is 0. The number of aliphatic hydroxyl groups is 2. The Morgan fingerprint density at radius 1 is 1.15 bits per heavy atom. The molecule has 2 aliphatic rings. The van der Waals surface area contributed by atoms with Crippen LogP contribution in [0.15, 0.2) is 48.5 Å². The Morgan fingerprint density at radius 3 is 2.73 bits per heavy atom. The Balaban J connectivity index is 1.07. The molecular formula is C32H43N3O6. The van der Waals surface area contributed by atoms with Gasteiger partial charge in [0.2, 0.25) is 5.88 Å². The minimum Gasteiger partial charge on any atom is -0.497 e. The van der Waals surface area contributed by atoms with Gasteiger partial charge in [0.25, 0.3) is 0 Å². The van der Waals surface area contributed by atoms with Crippen LogP contribution < -0.4 is 19.5 Å². The summed E-state index contributed by atoms with van der Waals surface area (Å²) in [5.74, 6) is 2.17. The summed E-state index contributed by atoms with van der Waals surface area (Å²) in [6.45, 7) is 5.17. The summed E-state index contributed by atoms with van der Waals surface area (Å²) in [6, 6.07) is 15.4. The van der Waals surface area contributed by atoms with Crippen LogP contribution in [-0.2, 0) is 6.42 Å². The highest BCUT2D eigenvalue weighted by Gasteiger charge is 2.35. The molecule has 1 aliphatic carbocycles. The van der Waals surface area contributed by atoms with Crippen LogP contribution in [0.1, 0.15) is 51.0 Å². The van der Waals surface area contributed by atoms with Crippen molar-refractivity contribution in [3.63, 3.8) is 0 Å². The number of hydrogen-bond donors (Lipinski definition) is 4. The maximum Gasteiger partial charge on any atom is 0.414 e. The first-order valence-corrected chi connectivity index (χ1v) is 14.8. The van der Waals surface area contributed by atoms with E-state index in [0.29, 0.717) is 44.6 Å². The van der Waals surface area contributed by atoms with Gasteiger partial charge in [-0.2, -0.15) is 0 Å². The van der Waals surface area contributed by atoms with E-state index >= 15 is 0 Å². The predicted octanol–water partition coefficient (Wildman–Crippen LogP) is 4.65. The van der Waals surface area contributed by atoms with Crippen LogP contribution in [0.4, 0.5) is 4.79 Å². The van der Waals surface area contributed by atoms with E-state index in [1.807, 2.05) is 42.5 Å². The molecule has 2 fully saturated rings. The number of H-pyrrole nitrogens is 1. The number of amides is 1. The summed E-state index contributed by atoms with van der Waals surface area (Å²) in [5.41, 5.74) is 1.25. The number of fused-ring (bicyclic) bond motifs is 1. The summed E-state index contributed by atoms with van der Waals surface area (Å²) in [6.07, 6.45) is 4.23. The zero-order valence-corrected chi connectivity index (χ0v) is 24.1. The van der Waals surface area contributed by atoms with Gasteiger partial charge < -0.3 is 39.6 Å². The van der Waals surface area contributed by atoms with Gasteiger partial charge in [-0.1, -0.05) is 25.1 Å². The molecule has 222 valence electrons. The molecule has 2 aromatic carbocycles. The minimum absolute atomic E-state index is 0.0344. The second-order valence-electron chi connectivity index (χ2n) is 11.7. The van der Waals surface area contributed by atoms with Crippen LogP contribution in [0, 0.1) is 5.92 Å². The molecule has 9 nitrogen and oxygen atoms in total. The van der Waals surface area contributed by atoms with E-state index < -0.39 is 11.7 Å². The Morgan fingerprint density at radius 2 is 1.95 bits per heavy atom. The van der Waals surface area contributed by atoms with Crippen molar-refractivity contribution in [1.29, 1.82) is 0 Å². The molecule has 0 unspecified atom stereocenters. The second-order valence-corrected chi connectivity index (χ2v) is 11.7. The number of carbonyl (C=O) groups is 1. The van der Waals surface area contributed by atoms with Crippen LogP contribution in [0.25, 0.3) is 10.9 Å². The lowest BCUT2D eigenvalue weighted by Crippen LogP contribution is -2.47. The molecule has 5 rings (SSSR count). The van der Waals surface area contributed by atoms with Gasteiger partial charge in [0, 0.05) is 43.5 Å². The third-order valence-corrected chi connectivity index (χ3v) is 8.66. The molecule has 9 heteroatoms. The zero-order valence-electron chi connectivity index (χ0n) is 24.1. The summed E-state index contributed by atoms with van der Waals surface area (Å²) in [5, 5.41) is 24.9. The predicted molar refractivity (Wildman–Crippen MR) is 158 cm³/mol. The third kappa shape index (κ3) is 7.72. The average Bonchev–Trinajstić information content (AvgIpc) is 3.38. The molecule has 3 aromatic rings. The van der Waals surface area contributed by atoms with E-state index in [9.17, 15) is 15.0 Å². The first-order chi connectivity index (χ1) is 19.8. The van der Waals surface area contributed by atoms with Crippen LogP contribution in [0.5, 0.6) is 17.4 Å². The lowest BCUT2D eigenvalue weighted by molar-refractivity contribution is -0.0271. The summed E-state index contributed by atoms with van der Waals surface area (Å²) in [7, 11) is 1.66. The zero-order chi connectivity index (χ0) is 28.8. The van der Waals surface area contributed by atoms with Crippen molar-refractivity contribution in [2.45, 2.75) is 69.6 Å². The Kier molecular flexibility index (Phi) is 9.37. The number of methoxy groups -OCH3 is 1. The number of hydrogen-bond acceptors (Lipinski definition) is 7. The Bertz CT molecular complexity index is 1300. The molecule has 41 heavy (non-hydrogen) atoms. The van der Waals surface area contributed by atoms with E-state index in [1.54, 1.807) is 13.2 Å². The van der Waals surface area contributed by atoms with E-state index in [2.05, 4.69) is 22.1 Å². The van der Waals surface area contributed by atoms with Crippen LogP contribution in [-0.4, -0.2) is 77.3 Å². The fourth-order valence-corrected chi connectivity index (χ4v) is 6.02. The van der Waals surface area contributed by atoms with Crippen LogP contribution in [0.3, 0.4) is 0 Å². The number of piperidine rings is 1. The van der Waals surface area contributed by atoms with E-state index in [0.717, 1.165) is 60.4 Å². The molecule has 1 aliphatic heterocycles. The second kappa shape index (κ2) is 13.1. The lowest BCUT2D eigenvalue weighted by Gasteiger charge is -2.39. The number of ether oxygens (including phenoxy) is 3. The van der Waals surface area contributed by atoms with Crippen molar-refractivity contribution in [2.75, 3.05) is 33.4 Å². The quantitative estimate of drug-likeness (QED) is 0.283. The van der Waals surface area contributed by atoms with Crippen molar-refractivity contribution in [3.8, 4) is 17.4 Å². The number of aromatic nitrogens is 1. The fourth-order valence-electron chi connectivity index (χ4n) is 6.02. The van der Waals surface area contributed by atoms with Gasteiger partial charge in [-0.25, -0.2) is 4.79 Å². The van der Waals surface area contributed by atoms with E-state index in [4.69, 9.17) is 14.2 Å². The molecule has 2 heterocycles. The smallest absolute Gasteiger partial charge is 0.414 e. The van der Waals surface area contributed by atoms with Crippen LogP contribution in [0.2, 0.25) is 0 Å². The first-order valence-electron chi connectivity index (χ1n) is 14.8. The summed E-state index contributed by atoms with van der Waals surface area (Å²) < 4.78 is 17.0.